The van der Waals surface area contributed by atoms with E-state index in [-0.39, 0.29) is 16.8 Å². The molecule has 4 aromatic rings. The summed E-state index contributed by atoms with van der Waals surface area (Å²) in [6.45, 7) is 5.05. The van der Waals surface area contributed by atoms with E-state index in [1.165, 1.54) is 25.3 Å². The van der Waals surface area contributed by atoms with Crippen LogP contribution < -0.4 is 5.32 Å². The van der Waals surface area contributed by atoms with Crippen LogP contribution in [0.5, 0.6) is 0 Å². The second-order valence-electron chi connectivity index (χ2n) is 9.03. The lowest BCUT2D eigenvalue weighted by Gasteiger charge is -2.24. The van der Waals surface area contributed by atoms with Gasteiger partial charge in [-0.1, -0.05) is 35.9 Å². The van der Waals surface area contributed by atoms with Gasteiger partial charge in [-0.05, 0) is 67.9 Å². The van der Waals surface area contributed by atoms with Crippen molar-refractivity contribution in [3.63, 3.8) is 0 Å². The van der Waals surface area contributed by atoms with Crippen LogP contribution in [-0.4, -0.2) is 29.9 Å². The van der Waals surface area contributed by atoms with E-state index in [1.54, 1.807) is 48.5 Å². The summed E-state index contributed by atoms with van der Waals surface area (Å²) in [6, 6.07) is 19.8. The van der Waals surface area contributed by atoms with E-state index in [9.17, 15) is 18.0 Å². The highest BCUT2D eigenvalue weighted by Gasteiger charge is 2.22. The number of esters is 1. The summed E-state index contributed by atoms with van der Waals surface area (Å²) in [7, 11) is -3.90. The number of nitrogens with one attached hydrogen (secondary N) is 1. The molecule has 0 aliphatic rings. The minimum Gasteiger partial charge on any atom is -0.460 e. The van der Waals surface area contributed by atoms with Gasteiger partial charge in [0.25, 0.3) is 15.9 Å². The number of halogens is 1. The van der Waals surface area contributed by atoms with Gasteiger partial charge in [-0.3, -0.25) is 9.59 Å². The van der Waals surface area contributed by atoms with Gasteiger partial charge in [0.1, 0.15) is 5.60 Å². The fourth-order valence-corrected chi connectivity index (χ4v) is 5.67. The third kappa shape index (κ3) is 5.61. The summed E-state index contributed by atoms with van der Waals surface area (Å²) >= 11 is 5.99. The summed E-state index contributed by atoms with van der Waals surface area (Å²) < 4.78 is 32.9. The van der Waals surface area contributed by atoms with Crippen LogP contribution in [0.1, 0.15) is 36.7 Å². The zero-order chi connectivity index (χ0) is 26.1. The molecule has 0 fully saturated rings. The third-order valence-corrected chi connectivity index (χ3v) is 7.46. The predicted molar refractivity (Wildman–Crippen MR) is 140 cm³/mol. The van der Waals surface area contributed by atoms with E-state index in [4.69, 9.17) is 16.3 Å². The number of hydrogen-bond acceptors (Lipinski definition) is 5. The van der Waals surface area contributed by atoms with Gasteiger partial charge in [0.2, 0.25) is 0 Å². The maximum absolute atomic E-state index is 13.2. The average Bonchev–Trinajstić information content (AvgIpc) is 3.23. The molecule has 3 aromatic carbocycles. The first-order valence-electron chi connectivity index (χ1n) is 11.2. The van der Waals surface area contributed by atoms with Crippen LogP contribution in [0.25, 0.3) is 10.9 Å². The lowest BCUT2D eigenvalue weighted by Crippen LogP contribution is -2.29. The number of amides is 1. The molecule has 0 unspecified atom stereocenters. The third-order valence-electron chi connectivity index (χ3n) is 5.53. The molecule has 1 amide bonds. The fourth-order valence-electron chi connectivity index (χ4n) is 4.02. The van der Waals surface area contributed by atoms with Crippen LogP contribution in [0.4, 0.5) is 5.69 Å². The highest BCUT2D eigenvalue weighted by molar-refractivity contribution is 7.90. The number of fused-ring (bicyclic) bond motifs is 1. The maximum atomic E-state index is 13.2. The monoisotopic (exact) mass is 524 g/mol. The first kappa shape index (κ1) is 25.5. The van der Waals surface area contributed by atoms with Crippen molar-refractivity contribution in [3.8, 4) is 0 Å². The minimum atomic E-state index is -3.90. The minimum absolute atomic E-state index is 0.0549. The van der Waals surface area contributed by atoms with E-state index < -0.39 is 15.6 Å². The maximum Gasteiger partial charge on any atom is 0.303 e. The van der Waals surface area contributed by atoms with Crippen LogP contribution in [0.3, 0.4) is 0 Å². The van der Waals surface area contributed by atoms with Crippen molar-refractivity contribution < 1.29 is 22.7 Å². The first-order chi connectivity index (χ1) is 16.9. The van der Waals surface area contributed by atoms with Crippen molar-refractivity contribution in [1.82, 2.24) is 3.97 Å². The summed E-state index contributed by atoms with van der Waals surface area (Å²) in [5.74, 6) is -0.717. The first-order valence-corrected chi connectivity index (χ1v) is 13.0. The standard InChI is InChI=1S/C27H25ClN2O5S/c1-18(31)35-27(2,3)17-19-7-11-23(12-8-19)29-26(32)21-10-9-20-13-14-30(25(20)15-21)36(33,34)24-6-4-5-22(28)16-24/h4-16H,17H2,1-3H3,(H,29,32). The normalized spacial score (nSPS) is 11.9. The molecule has 1 aromatic heterocycles. The molecule has 0 saturated carbocycles. The Morgan fingerprint density at radius 3 is 2.39 bits per heavy atom. The van der Waals surface area contributed by atoms with Crippen LogP contribution in [0.2, 0.25) is 5.02 Å². The van der Waals surface area contributed by atoms with Crippen molar-refractivity contribution in [2.24, 2.45) is 0 Å². The Morgan fingerprint density at radius 1 is 1.00 bits per heavy atom. The molecule has 36 heavy (non-hydrogen) atoms. The molecule has 1 N–H and O–H groups in total. The van der Waals surface area contributed by atoms with Crippen molar-refractivity contribution >= 4 is 50.1 Å². The molecule has 0 radical (unpaired) electrons. The Bertz CT molecular complexity index is 1560. The molecule has 0 saturated heterocycles. The predicted octanol–water partition coefficient (Wildman–Crippen LogP) is 5.67. The Hall–Kier alpha value is -3.62. The highest BCUT2D eigenvalue weighted by atomic mass is 35.5. The van der Waals surface area contributed by atoms with E-state index in [0.717, 1.165) is 9.54 Å². The Morgan fingerprint density at radius 2 is 1.72 bits per heavy atom. The second-order valence-corrected chi connectivity index (χ2v) is 11.3. The van der Waals surface area contributed by atoms with Crippen molar-refractivity contribution in [3.05, 3.63) is 95.1 Å². The Labute approximate surface area is 214 Å². The van der Waals surface area contributed by atoms with Gasteiger partial charge in [0.15, 0.2) is 0 Å². The van der Waals surface area contributed by atoms with Crippen LogP contribution in [0, 0.1) is 0 Å². The van der Waals surface area contributed by atoms with Gasteiger partial charge in [-0.25, -0.2) is 12.4 Å². The second kappa shape index (κ2) is 9.79. The Kier molecular flexibility index (Phi) is 6.93. The largest absolute Gasteiger partial charge is 0.460 e. The number of carbonyl (C=O) groups excluding carboxylic acids is 2. The van der Waals surface area contributed by atoms with Gasteiger partial charge >= 0.3 is 5.97 Å². The van der Waals surface area contributed by atoms with Crippen molar-refractivity contribution in [2.75, 3.05) is 5.32 Å². The number of ether oxygens (including phenoxy) is 1. The molecule has 9 heteroatoms. The molecule has 0 aliphatic carbocycles. The van der Waals surface area contributed by atoms with Crippen LogP contribution in [-0.2, 0) is 26.0 Å². The zero-order valence-corrected chi connectivity index (χ0v) is 21.6. The van der Waals surface area contributed by atoms with Crippen molar-refractivity contribution in [2.45, 2.75) is 37.7 Å². The van der Waals surface area contributed by atoms with Gasteiger partial charge in [0.05, 0.1) is 10.4 Å². The zero-order valence-electron chi connectivity index (χ0n) is 20.0. The molecular weight excluding hydrogens is 500 g/mol. The molecule has 0 bridgehead atoms. The average molecular weight is 525 g/mol. The van der Waals surface area contributed by atoms with E-state index in [0.29, 0.717) is 33.6 Å². The molecule has 4 rings (SSSR count). The molecular formula is C27H25ClN2O5S. The van der Waals surface area contributed by atoms with Gasteiger partial charge < -0.3 is 10.1 Å². The number of nitrogens with zero attached hydrogens (tertiary/aromatic N) is 1. The molecule has 0 spiro atoms. The number of benzene rings is 3. The summed E-state index contributed by atoms with van der Waals surface area (Å²) in [5.41, 5.74) is 1.57. The topological polar surface area (TPSA) is 94.5 Å². The highest BCUT2D eigenvalue weighted by Crippen LogP contribution is 2.25. The summed E-state index contributed by atoms with van der Waals surface area (Å²) in [5, 5.41) is 3.83. The lowest BCUT2D eigenvalue weighted by atomic mass is 9.98. The van der Waals surface area contributed by atoms with Crippen LogP contribution in [0.15, 0.2) is 83.9 Å². The number of anilines is 1. The van der Waals surface area contributed by atoms with Crippen LogP contribution >= 0.6 is 11.6 Å². The molecule has 7 nitrogen and oxygen atoms in total. The van der Waals surface area contributed by atoms with Crippen molar-refractivity contribution in [1.29, 1.82) is 0 Å². The molecule has 186 valence electrons. The Balaban J connectivity index is 1.55. The quantitative estimate of drug-likeness (QED) is 0.314. The van der Waals surface area contributed by atoms with E-state index in [1.807, 2.05) is 26.0 Å². The van der Waals surface area contributed by atoms with Gasteiger partial charge in [-0.15, -0.1) is 0 Å². The fraction of sp³-hybridized carbons (Fsp3) is 0.185. The number of hydrogen-bond donors (Lipinski definition) is 1. The van der Waals surface area contributed by atoms with E-state index in [2.05, 4.69) is 5.32 Å². The van der Waals surface area contributed by atoms with E-state index >= 15 is 0 Å². The molecule has 0 atom stereocenters. The van der Waals surface area contributed by atoms with Gasteiger partial charge in [-0.2, -0.15) is 0 Å². The number of rotatable bonds is 7. The SMILES string of the molecule is CC(=O)OC(C)(C)Cc1ccc(NC(=O)c2ccc3ccn(S(=O)(=O)c4cccc(Cl)c4)c3c2)cc1. The smallest absolute Gasteiger partial charge is 0.303 e. The summed E-state index contributed by atoms with van der Waals surface area (Å²) in [4.78, 5) is 24.3. The number of carbonyl (C=O) groups is 2. The molecule has 1 heterocycles. The number of aromatic nitrogens is 1. The lowest BCUT2D eigenvalue weighted by molar-refractivity contribution is -0.153. The summed E-state index contributed by atoms with van der Waals surface area (Å²) in [6.07, 6.45) is 1.98. The molecule has 0 aliphatic heterocycles. The van der Waals surface area contributed by atoms with Gasteiger partial charge in [0, 0.05) is 41.2 Å².